The molecule has 0 aromatic heterocycles. The first-order valence-electron chi connectivity index (χ1n) is 8.56. The van der Waals surface area contributed by atoms with E-state index >= 15 is 0 Å². The van der Waals surface area contributed by atoms with Crippen molar-refractivity contribution in [2.24, 2.45) is 16.8 Å². The molecular weight excluding hydrogens is 302 g/mol. The van der Waals surface area contributed by atoms with Gasteiger partial charge >= 0.3 is 0 Å². The lowest BCUT2D eigenvalue weighted by Crippen LogP contribution is -2.30. The zero-order chi connectivity index (χ0) is 17.6. The SMILES string of the molecule is CC(C=NC(C(=O)C(C)S)C(C)C)Cc1ccc(C(C)C)cc1. The standard InChI is InChI=1S/C20H31NOS/c1-13(2)18-9-7-17(8-10-18)11-15(5)12-21-19(14(3)4)20(22)16(6)23/h7-10,12-16,19,23H,11H2,1-6H3. The van der Waals surface area contributed by atoms with Crippen molar-refractivity contribution in [1.29, 1.82) is 0 Å². The van der Waals surface area contributed by atoms with Crippen LogP contribution in [0.2, 0.25) is 0 Å². The predicted octanol–water partition coefficient (Wildman–Crippen LogP) is 4.97. The summed E-state index contributed by atoms with van der Waals surface area (Å²) >= 11 is 4.25. The van der Waals surface area contributed by atoms with Gasteiger partial charge in [0.15, 0.2) is 5.78 Å². The van der Waals surface area contributed by atoms with Crippen LogP contribution < -0.4 is 0 Å². The number of thiol groups is 1. The highest BCUT2D eigenvalue weighted by atomic mass is 32.1. The second kappa shape index (κ2) is 9.27. The molecule has 0 saturated carbocycles. The van der Waals surface area contributed by atoms with Gasteiger partial charge in [0.1, 0.15) is 6.04 Å². The van der Waals surface area contributed by atoms with Crippen LogP contribution >= 0.6 is 12.6 Å². The number of carbonyl (C=O) groups excluding carboxylic acids is 1. The van der Waals surface area contributed by atoms with E-state index in [0.717, 1.165) is 6.42 Å². The Hall–Kier alpha value is -1.09. The summed E-state index contributed by atoms with van der Waals surface area (Å²) in [6, 6.07) is 8.51. The Morgan fingerprint density at radius 1 is 1.09 bits per heavy atom. The number of ketones is 1. The molecule has 0 N–H and O–H groups in total. The summed E-state index contributed by atoms with van der Waals surface area (Å²) in [6.45, 7) is 12.4. The third-order valence-corrected chi connectivity index (χ3v) is 4.29. The second-order valence-corrected chi connectivity index (χ2v) is 7.92. The Bertz CT molecular complexity index is 517. The van der Waals surface area contributed by atoms with Crippen molar-refractivity contribution in [2.75, 3.05) is 0 Å². The summed E-state index contributed by atoms with van der Waals surface area (Å²) in [5, 5.41) is -0.265. The molecule has 0 fully saturated rings. The highest BCUT2D eigenvalue weighted by Crippen LogP contribution is 2.17. The minimum atomic E-state index is -0.284. The van der Waals surface area contributed by atoms with Crippen molar-refractivity contribution >= 4 is 24.6 Å². The van der Waals surface area contributed by atoms with Crippen molar-refractivity contribution in [3.05, 3.63) is 35.4 Å². The number of hydrogen-bond acceptors (Lipinski definition) is 3. The Balaban J connectivity index is 2.70. The van der Waals surface area contributed by atoms with Crippen LogP contribution in [0.25, 0.3) is 0 Å². The fourth-order valence-corrected chi connectivity index (χ4v) is 2.68. The molecule has 1 rings (SSSR count). The third kappa shape index (κ3) is 6.50. The summed E-state index contributed by atoms with van der Waals surface area (Å²) in [4.78, 5) is 16.7. The van der Waals surface area contributed by atoms with E-state index in [0.29, 0.717) is 11.8 Å². The van der Waals surface area contributed by atoms with Gasteiger partial charge in [0.25, 0.3) is 0 Å². The van der Waals surface area contributed by atoms with Crippen LogP contribution in [0.5, 0.6) is 0 Å². The fraction of sp³-hybridized carbons (Fsp3) is 0.600. The van der Waals surface area contributed by atoms with E-state index in [9.17, 15) is 4.79 Å². The molecule has 0 heterocycles. The maximum Gasteiger partial charge on any atom is 0.169 e. The summed E-state index contributed by atoms with van der Waals surface area (Å²) in [7, 11) is 0. The maximum atomic E-state index is 12.2. The lowest BCUT2D eigenvalue weighted by Gasteiger charge is -2.17. The molecule has 23 heavy (non-hydrogen) atoms. The largest absolute Gasteiger partial charge is 0.296 e. The summed E-state index contributed by atoms with van der Waals surface area (Å²) < 4.78 is 0. The quantitative estimate of drug-likeness (QED) is 0.528. The predicted molar refractivity (Wildman–Crippen MR) is 104 cm³/mol. The number of carbonyl (C=O) groups is 1. The van der Waals surface area contributed by atoms with Crippen molar-refractivity contribution in [1.82, 2.24) is 0 Å². The van der Waals surface area contributed by atoms with Crippen LogP contribution in [0.3, 0.4) is 0 Å². The third-order valence-electron chi connectivity index (χ3n) is 4.04. The van der Waals surface area contributed by atoms with Crippen molar-refractivity contribution in [3.8, 4) is 0 Å². The molecular formula is C20H31NOS. The first-order chi connectivity index (χ1) is 10.7. The molecule has 0 aliphatic heterocycles. The van der Waals surface area contributed by atoms with Gasteiger partial charge in [0, 0.05) is 6.21 Å². The van der Waals surface area contributed by atoms with Crippen molar-refractivity contribution in [3.63, 3.8) is 0 Å². The summed E-state index contributed by atoms with van der Waals surface area (Å²) in [5.41, 5.74) is 2.67. The zero-order valence-electron chi connectivity index (χ0n) is 15.3. The highest BCUT2D eigenvalue weighted by Gasteiger charge is 2.23. The monoisotopic (exact) mass is 333 g/mol. The smallest absolute Gasteiger partial charge is 0.169 e. The topological polar surface area (TPSA) is 29.4 Å². The summed E-state index contributed by atoms with van der Waals surface area (Å²) in [6.07, 6.45) is 2.88. The molecule has 0 aliphatic rings. The molecule has 1 aromatic rings. The normalized spacial score (nSPS) is 16.0. The molecule has 128 valence electrons. The van der Waals surface area contributed by atoms with Gasteiger partial charge in [-0.3, -0.25) is 9.79 Å². The minimum Gasteiger partial charge on any atom is -0.296 e. The molecule has 0 spiro atoms. The number of aliphatic imine (C=N–C) groups is 1. The molecule has 0 radical (unpaired) electrons. The molecule has 0 amide bonds. The van der Waals surface area contributed by atoms with E-state index in [-0.39, 0.29) is 23.0 Å². The van der Waals surface area contributed by atoms with Crippen LogP contribution in [-0.4, -0.2) is 23.3 Å². The van der Waals surface area contributed by atoms with E-state index in [1.807, 2.05) is 27.0 Å². The van der Waals surface area contributed by atoms with Crippen LogP contribution in [0, 0.1) is 11.8 Å². The molecule has 3 unspecified atom stereocenters. The molecule has 3 atom stereocenters. The number of rotatable bonds is 8. The fourth-order valence-electron chi connectivity index (χ4n) is 2.52. The van der Waals surface area contributed by atoms with Gasteiger partial charge in [0.05, 0.1) is 5.25 Å². The first kappa shape index (κ1) is 20.0. The lowest BCUT2D eigenvalue weighted by atomic mass is 9.96. The van der Waals surface area contributed by atoms with Crippen molar-refractivity contribution in [2.45, 2.75) is 65.2 Å². The molecule has 0 saturated heterocycles. The van der Waals surface area contributed by atoms with E-state index in [1.54, 1.807) is 0 Å². The lowest BCUT2D eigenvalue weighted by molar-refractivity contribution is -0.120. The molecule has 0 bridgehead atoms. The van der Waals surface area contributed by atoms with Gasteiger partial charge in [-0.05, 0) is 42.2 Å². The average molecular weight is 334 g/mol. The molecule has 0 aliphatic carbocycles. The Morgan fingerprint density at radius 3 is 2.09 bits per heavy atom. The number of nitrogens with zero attached hydrogens (tertiary/aromatic N) is 1. The zero-order valence-corrected chi connectivity index (χ0v) is 16.2. The number of Topliss-reactive ketones (excluding diaryl/α,β-unsaturated/α-hetero) is 1. The summed E-state index contributed by atoms with van der Waals surface area (Å²) in [5.74, 6) is 1.17. The van der Waals surface area contributed by atoms with Crippen molar-refractivity contribution < 1.29 is 4.79 Å². The van der Waals surface area contributed by atoms with Gasteiger partial charge in [0.2, 0.25) is 0 Å². The van der Waals surface area contributed by atoms with Gasteiger partial charge in [-0.25, -0.2) is 0 Å². The highest BCUT2D eigenvalue weighted by molar-refractivity contribution is 7.81. The van der Waals surface area contributed by atoms with Crippen LogP contribution in [-0.2, 0) is 11.2 Å². The first-order valence-corrected chi connectivity index (χ1v) is 9.08. The van der Waals surface area contributed by atoms with Crippen LogP contribution in [0.4, 0.5) is 0 Å². The van der Waals surface area contributed by atoms with E-state index in [2.05, 4.69) is 62.7 Å². The van der Waals surface area contributed by atoms with Crippen LogP contribution in [0.15, 0.2) is 29.3 Å². The van der Waals surface area contributed by atoms with Gasteiger partial charge < -0.3 is 0 Å². The molecule has 2 nitrogen and oxygen atoms in total. The van der Waals surface area contributed by atoms with Gasteiger partial charge in [-0.1, -0.05) is 58.9 Å². The minimum absolute atomic E-state index is 0.105. The average Bonchev–Trinajstić information content (AvgIpc) is 2.47. The Kier molecular flexibility index (Phi) is 8.04. The second-order valence-electron chi connectivity index (χ2n) is 7.14. The molecule has 3 heteroatoms. The Morgan fingerprint density at radius 2 is 1.65 bits per heavy atom. The van der Waals surface area contributed by atoms with E-state index < -0.39 is 0 Å². The van der Waals surface area contributed by atoms with Gasteiger partial charge in [-0.15, -0.1) is 0 Å². The maximum absolute atomic E-state index is 12.2. The van der Waals surface area contributed by atoms with E-state index in [4.69, 9.17) is 0 Å². The number of benzene rings is 1. The molecule has 1 aromatic carbocycles. The van der Waals surface area contributed by atoms with E-state index in [1.165, 1.54) is 11.1 Å². The Labute approximate surface area is 147 Å². The van der Waals surface area contributed by atoms with Crippen LogP contribution in [0.1, 0.15) is 58.6 Å². The number of hydrogen-bond donors (Lipinski definition) is 1. The van der Waals surface area contributed by atoms with Gasteiger partial charge in [-0.2, -0.15) is 12.6 Å².